The molecule has 4 atom stereocenters. The second-order valence-electron chi connectivity index (χ2n) is 14.5. The molecule has 0 radical (unpaired) electrons. The molecule has 0 spiro atoms. The SMILES string of the molecule is CC1(C)O[C@H]2[C@H](n3ccc4c(Oc5ccccc5)ncnc43)C[C@@](C)(CO[Si](c3ccccc3)(c3ccccc3)C(C)(C)C)[C@H]2O1. The van der Waals surface area contributed by atoms with Crippen molar-refractivity contribution in [3.63, 3.8) is 0 Å². The number of nitrogens with zero attached hydrogens (tertiary/aromatic N) is 3. The van der Waals surface area contributed by atoms with Crippen LogP contribution < -0.4 is 15.1 Å². The Morgan fingerprint density at radius 3 is 2.04 bits per heavy atom. The Balaban J connectivity index is 1.26. The minimum atomic E-state index is -2.76. The molecular weight excluding hydrogens is 591 g/mol. The standard InChI is InChI=1S/C38H43N3O4Si/c1-36(2,3)46(28-18-12-8-13-19-28,29-20-14-9-15-21-29)42-25-38(6)24-31(32-33(38)45-37(4,5)44-32)41-23-22-30-34(41)39-26-40-35(30)43-27-16-10-7-11-17-27/h7-23,26,31-33H,24-25H2,1-6H3/t31-,32+,33+,38+/m1/s1. The summed E-state index contributed by atoms with van der Waals surface area (Å²) in [5.41, 5.74) is 0.485. The smallest absolute Gasteiger partial charge is 0.261 e. The first-order valence-electron chi connectivity index (χ1n) is 16.2. The molecule has 2 aromatic heterocycles. The second-order valence-corrected chi connectivity index (χ2v) is 18.8. The lowest BCUT2D eigenvalue weighted by Gasteiger charge is -2.45. The number of benzene rings is 3. The van der Waals surface area contributed by atoms with Crippen molar-refractivity contribution in [2.75, 3.05) is 6.61 Å². The van der Waals surface area contributed by atoms with Gasteiger partial charge < -0.3 is 23.2 Å². The lowest BCUT2D eigenvalue weighted by atomic mass is 9.87. The average Bonchev–Trinajstić information content (AvgIpc) is 3.69. The highest BCUT2D eigenvalue weighted by Gasteiger charge is 2.61. The fourth-order valence-corrected chi connectivity index (χ4v) is 12.4. The summed E-state index contributed by atoms with van der Waals surface area (Å²) in [6, 6.07) is 33.4. The van der Waals surface area contributed by atoms with Gasteiger partial charge in [0, 0.05) is 18.2 Å². The highest BCUT2D eigenvalue weighted by molar-refractivity contribution is 6.99. The van der Waals surface area contributed by atoms with Crippen LogP contribution in [0.15, 0.2) is 110 Å². The summed E-state index contributed by atoms with van der Waals surface area (Å²) in [6.45, 7) is 13.8. The van der Waals surface area contributed by atoms with Gasteiger partial charge in [-0.1, -0.05) is 107 Å². The first kappa shape index (κ1) is 30.8. The maximum atomic E-state index is 7.52. The van der Waals surface area contributed by atoms with Crippen molar-refractivity contribution in [2.45, 2.75) is 77.0 Å². The van der Waals surface area contributed by atoms with Crippen molar-refractivity contribution in [1.82, 2.24) is 14.5 Å². The van der Waals surface area contributed by atoms with Gasteiger partial charge in [-0.05, 0) is 53.9 Å². The number of para-hydroxylation sites is 1. The van der Waals surface area contributed by atoms with Gasteiger partial charge in [0.1, 0.15) is 23.8 Å². The van der Waals surface area contributed by atoms with Crippen molar-refractivity contribution in [3.05, 3.63) is 110 Å². The number of rotatable bonds is 8. The molecular formula is C38H43N3O4Si. The monoisotopic (exact) mass is 633 g/mol. The van der Waals surface area contributed by atoms with Crippen molar-refractivity contribution >= 4 is 29.7 Å². The van der Waals surface area contributed by atoms with Crippen molar-refractivity contribution < 1.29 is 18.6 Å². The third kappa shape index (κ3) is 5.27. The highest BCUT2D eigenvalue weighted by atomic mass is 28.4. The normalized spacial score (nSPS) is 24.3. The summed E-state index contributed by atoms with van der Waals surface area (Å²) in [5, 5.41) is 3.27. The molecule has 5 aromatic rings. The average molecular weight is 634 g/mol. The van der Waals surface area contributed by atoms with E-state index in [1.54, 1.807) is 6.33 Å². The van der Waals surface area contributed by atoms with E-state index in [0.717, 1.165) is 23.2 Å². The number of fused-ring (bicyclic) bond motifs is 2. The molecule has 0 bridgehead atoms. The molecule has 7 nitrogen and oxygen atoms in total. The first-order chi connectivity index (χ1) is 22.0. The number of aromatic nitrogens is 3. The van der Waals surface area contributed by atoms with Gasteiger partial charge in [-0.2, -0.15) is 0 Å². The molecule has 2 fully saturated rings. The summed E-state index contributed by atoms with van der Waals surface area (Å²) in [4.78, 5) is 9.21. The third-order valence-electron chi connectivity index (χ3n) is 9.69. The first-order valence-corrected chi connectivity index (χ1v) is 18.1. The molecule has 3 aromatic carbocycles. The minimum Gasteiger partial charge on any atom is -0.438 e. The van der Waals surface area contributed by atoms with Gasteiger partial charge >= 0.3 is 0 Å². The largest absolute Gasteiger partial charge is 0.438 e. The number of hydrogen-bond acceptors (Lipinski definition) is 6. The van der Waals surface area contributed by atoms with Crippen molar-refractivity contribution in [1.29, 1.82) is 0 Å². The van der Waals surface area contributed by atoms with Crippen molar-refractivity contribution in [2.24, 2.45) is 5.41 Å². The van der Waals surface area contributed by atoms with E-state index in [-0.39, 0.29) is 28.7 Å². The molecule has 0 N–H and O–H groups in total. The molecule has 1 saturated heterocycles. The van der Waals surface area contributed by atoms with Gasteiger partial charge in [0.25, 0.3) is 8.32 Å². The molecule has 8 heteroatoms. The lowest BCUT2D eigenvalue weighted by Crippen LogP contribution is -2.67. The maximum absolute atomic E-state index is 7.52. The molecule has 238 valence electrons. The molecule has 3 heterocycles. The molecule has 0 unspecified atom stereocenters. The van der Waals surface area contributed by atoms with Crippen LogP contribution in [0.25, 0.3) is 11.0 Å². The van der Waals surface area contributed by atoms with Crippen LogP contribution >= 0.6 is 0 Å². The maximum Gasteiger partial charge on any atom is 0.261 e. The predicted molar refractivity (Wildman–Crippen MR) is 183 cm³/mol. The highest BCUT2D eigenvalue weighted by Crippen LogP contribution is 2.54. The van der Waals surface area contributed by atoms with Crippen LogP contribution in [0.5, 0.6) is 11.6 Å². The Morgan fingerprint density at radius 1 is 0.826 bits per heavy atom. The summed E-state index contributed by atoms with van der Waals surface area (Å²) < 4.78 is 29.4. The third-order valence-corrected chi connectivity index (χ3v) is 14.7. The van der Waals surface area contributed by atoms with Gasteiger partial charge in [-0.25, -0.2) is 9.97 Å². The van der Waals surface area contributed by atoms with Gasteiger partial charge in [0.2, 0.25) is 5.88 Å². The van der Waals surface area contributed by atoms with E-state index in [9.17, 15) is 0 Å². The predicted octanol–water partition coefficient (Wildman–Crippen LogP) is 7.27. The van der Waals surface area contributed by atoms with Gasteiger partial charge in [0.15, 0.2) is 5.79 Å². The fourth-order valence-electron chi connectivity index (χ4n) is 7.65. The zero-order valence-electron chi connectivity index (χ0n) is 27.5. The van der Waals surface area contributed by atoms with Crippen molar-refractivity contribution in [3.8, 4) is 11.6 Å². The van der Waals surface area contributed by atoms with Gasteiger partial charge in [-0.3, -0.25) is 0 Å². The summed E-state index contributed by atoms with van der Waals surface area (Å²) in [6.07, 6.45) is 4.13. The van der Waals surface area contributed by atoms with Crippen LogP contribution in [-0.4, -0.2) is 47.5 Å². The molecule has 0 amide bonds. The summed E-state index contributed by atoms with van der Waals surface area (Å²) in [7, 11) is -2.76. The Morgan fingerprint density at radius 2 is 1.43 bits per heavy atom. The zero-order valence-corrected chi connectivity index (χ0v) is 28.5. The Hall–Kier alpha value is -3.82. The van der Waals surface area contributed by atoms with Crippen LogP contribution in [0, 0.1) is 5.41 Å². The zero-order chi connectivity index (χ0) is 32.2. The molecule has 1 saturated carbocycles. The molecule has 1 aliphatic carbocycles. The summed E-state index contributed by atoms with van der Waals surface area (Å²) >= 11 is 0. The van der Waals surface area contributed by atoms with Gasteiger partial charge in [0.05, 0.1) is 17.5 Å². The van der Waals surface area contributed by atoms with Crippen LogP contribution in [0.4, 0.5) is 0 Å². The second kappa shape index (κ2) is 11.5. The van der Waals surface area contributed by atoms with E-state index < -0.39 is 14.1 Å². The lowest BCUT2D eigenvalue weighted by molar-refractivity contribution is -0.170. The van der Waals surface area contributed by atoms with Crippen LogP contribution in [0.3, 0.4) is 0 Å². The van der Waals surface area contributed by atoms with E-state index in [0.29, 0.717) is 12.5 Å². The van der Waals surface area contributed by atoms with E-state index in [4.69, 9.17) is 23.6 Å². The number of hydrogen-bond donors (Lipinski definition) is 0. The van der Waals surface area contributed by atoms with E-state index in [1.165, 1.54) is 10.4 Å². The van der Waals surface area contributed by atoms with Crippen LogP contribution in [0.2, 0.25) is 5.04 Å². The Labute approximate surface area is 272 Å². The van der Waals surface area contributed by atoms with E-state index >= 15 is 0 Å². The minimum absolute atomic E-state index is 0.0171. The molecule has 46 heavy (non-hydrogen) atoms. The topological polar surface area (TPSA) is 67.6 Å². The molecule has 7 rings (SSSR count). The fraction of sp³-hybridized carbons (Fsp3) is 0.368. The quantitative estimate of drug-likeness (QED) is 0.168. The molecule has 1 aliphatic heterocycles. The van der Waals surface area contributed by atoms with Gasteiger partial charge in [-0.15, -0.1) is 0 Å². The van der Waals surface area contributed by atoms with Crippen LogP contribution in [-0.2, 0) is 13.9 Å². The van der Waals surface area contributed by atoms with Crippen LogP contribution in [0.1, 0.15) is 54.0 Å². The number of ether oxygens (including phenoxy) is 3. The Bertz CT molecular complexity index is 1770. The van der Waals surface area contributed by atoms with E-state index in [1.807, 2.05) is 50.2 Å². The Kier molecular flexibility index (Phi) is 7.67. The van der Waals surface area contributed by atoms with E-state index in [2.05, 4.69) is 104 Å². The summed E-state index contributed by atoms with van der Waals surface area (Å²) in [5.74, 6) is 0.552. The molecule has 2 aliphatic rings.